The Bertz CT molecular complexity index is 738. The summed E-state index contributed by atoms with van der Waals surface area (Å²) >= 11 is 1.56. The summed E-state index contributed by atoms with van der Waals surface area (Å²) in [5.41, 5.74) is 7.86. The van der Waals surface area contributed by atoms with Crippen LogP contribution in [0.2, 0.25) is 0 Å². The molecule has 118 valence electrons. The lowest BCUT2D eigenvalue weighted by molar-refractivity contribution is 0.415. The van der Waals surface area contributed by atoms with Gasteiger partial charge in [0.1, 0.15) is 5.75 Å². The molecule has 22 heavy (non-hydrogen) atoms. The average Bonchev–Trinajstić information content (AvgIpc) is 2.50. The van der Waals surface area contributed by atoms with Crippen LogP contribution in [-0.4, -0.2) is 24.0 Å². The van der Waals surface area contributed by atoms with Crippen LogP contribution in [0.15, 0.2) is 34.5 Å². The number of hydrogen-bond acceptors (Lipinski definition) is 5. The van der Waals surface area contributed by atoms with Gasteiger partial charge in [0.15, 0.2) is 5.43 Å². The van der Waals surface area contributed by atoms with Gasteiger partial charge in [0.2, 0.25) is 0 Å². The first-order chi connectivity index (χ1) is 10.5. The molecule has 0 saturated carbocycles. The molecule has 1 aromatic heterocycles. The Morgan fingerprint density at radius 3 is 2.91 bits per heavy atom. The Morgan fingerprint density at radius 1 is 1.45 bits per heavy atom. The number of H-pyrrole nitrogens is 1. The SMILES string of the molecule is COc1ccc2c(=O)cc(/C(N)=C/SCNC(C)C)[nH]c2c1. The number of nitrogens with one attached hydrogen (secondary N) is 2. The highest BCUT2D eigenvalue weighted by molar-refractivity contribution is 8.02. The average molecular weight is 319 g/mol. The van der Waals surface area contributed by atoms with Gasteiger partial charge in [-0.15, -0.1) is 11.8 Å². The Balaban J connectivity index is 2.27. The van der Waals surface area contributed by atoms with Crippen molar-refractivity contribution in [1.82, 2.24) is 10.3 Å². The van der Waals surface area contributed by atoms with Crippen molar-refractivity contribution < 1.29 is 4.74 Å². The van der Waals surface area contributed by atoms with Gasteiger partial charge in [0.05, 0.1) is 24.0 Å². The number of rotatable bonds is 6. The second-order valence-corrected chi connectivity index (χ2v) is 6.06. The molecule has 0 bridgehead atoms. The predicted molar refractivity (Wildman–Crippen MR) is 94.0 cm³/mol. The standard InChI is InChI=1S/C16H21N3O2S/c1-10(2)18-9-22-8-13(17)15-7-16(20)12-5-4-11(21-3)6-14(12)19-15/h4-8,10,18H,9,17H2,1-3H3,(H,19,20)/b13-8-. The van der Waals surface area contributed by atoms with E-state index in [9.17, 15) is 4.79 Å². The molecule has 2 rings (SSSR count). The molecular weight excluding hydrogens is 298 g/mol. The summed E-state index contributed by atoms with van der Waals surface area (Å²) in [5, 5.41) is 5.74. The van der Waals surface area contributed by atoms with E-state index < -0.39 is 0 Å². The molecule has 0 unspecified atom stereocenters. The van der Waals surface area contributed by atoms with E-state index in [2.05, 4.69) is 24.1 Å². The minimum Gasteiger partial charge on any atom is -0.497 e. The number of thioether (sulfide) groups is 1. The number of ether oxygens (including phenoxy) is 1. The number of aromatic nitrogens is 1. The molecule has 6 heteroatoms. The van der Waals surface area contributed by atoms with Crippen molar-refractivity contribution in [2.45, 2.75) is 19.9 Å². The van der Waals surface area contributed by atoms with Crippen molar-refractivity contribution in [2.24, 2.45) is 5.73 Å². The highest BCUT2D eigenvalue weighted by Gasteiger charge is 2.05. The van der Waals surface area contributed by atoms with E-state index in [1.165, 1.54) is 6.07 Å². The smallest absolute Gasteiger partial charge is 0.190 e. The second-order valence-electron chi connectivity index (χ2n) is 5.20. The molecule has 0 amide bonds. The lowest BCUT2D eigenvalue weighted by atomic mass is 10.1. The summed E-state index contributed by atoms with van der Waals surface area (Å²) in [6.45, 7) is 4.17. The Morgan fingerprint density at radius 2 is 2.23 bits per heavy atom. The van der Waals surface area contributed by atoms with Gasteiger partial charge in [-0.2, -0.15) is 0 Å². The molecule has 5 nitrogen and oxygen atoms in total. The van der Waals surface area contributed by atoms with Crippen LogP contribution in [0.3, 0.4) is 0 Å². The molecule has 0 radical (unpaired) electrons. The van der Waals surface area contributed by atoms with Gasteiger partial charge in [-0.05, 0) is 17.5 Å². The molecule has 0 aliphatic carbocycles. The summed E-state index contributed by atoms with van der Waals surface area (Å²) in [6.07, 6.45) is 0. The lowest BCUT2D eigenvalue weighted by Crippen LogP contribution is -2.21. The number of nitrogens with two attached hydrogens (primary N) is 1. The number of pyridine rings is 1. The number of aromatic amines is 1. The van der Waals surface area contributed by atoms with Gasteiger partial charge in [-0.1, -0.05) is 13.8 Å². The largest absolute Gasteiger partial charge is 0.497 e. The fourth-order valence-electron chi connectivity index (χ4n) is 1.92. The van der Waals surface area contributed by atoms with Crippen molar-refractivity contribution in [2.75, 3.05) is 13.0 Å². The maximum Gasteiger partial charge on any atom is 0.190 e. The molecule has 0 atom stereocenters. The Labute approximate surface area is 133 Å². The van der Waals surface area contributed by atoms with Crippen molar-refractivity contribution in [1.29, 1.82) is 0 Å². The molecule has 0 fully saturated rings. The van der Waals surface area contributed by atoms with Gasteiger partial charge in [0.25, 0.3) is 0 Å². The maximum absolute atomic E-state index is 12.2. The normalized spacial score (nSPS) is 12.1. The summed E-state index contributed by atoms with van der Waals surface area (Å²) in [7, 11) is 1.59. The van der Waals surface area contributed by atoms with Gasteiger partial charge < -0.3 is 20.8 Å². The highest BCUT2D eigenvalue weighted by Crippen LogP contribution is 2.19. The summed E-state index contributed by atoms with van der Waals surface area (Å²) in [5.74, 6) is 1.46. The van der Waals surface area contributed by atoms with Crippen molar-refractivity contribution in [3.63, 3.8) is 0 Å². The van der Waals surface area contributed by atoms with Crippen LogP contribution in [0.5, 0.6) is 5.75 Å². The van der Waals surface area contributed by atoms with Gasteiger partial charge in [-0.3, -0.25) is 4.79 Å². The third-order valence-electron chi connectivity index (χ3n) is 3.13. The fourth-order valence-corrected chi connectivity index (χ4v) is 2.74. The first-order valence-electron chi connectivity index (χ1n) is 7.03. The summed E-state index contributed by atoms with van der Waals surface area (Å²) < 4.78 is 5.18. The van der Waals surface area contributed by atoms with Crippen LogP contribution in [0.25, 0.3) is 16.6 Å². The zero-order valence-corrected chi connectivity index (χ0v) is 13.8. The van der Waals surface area contributed by atoms with E-state index in [-0.39, 0.29) is 5.43 Å². The van der Waals surface area contributed by atoms with E-state index >= 15 is 0 Å². The van der Waals surface area contributed by atoms with E-state index in [4.69, 9.17) is 10.5 Å². The molecule has 0 aliphatic rings. The van der Waals surface area contributed by atoms with Crippen LogP contribution >= 0.6 is 11.8 Å². The van der Waals surface area contributed by atoms with Crippen LogP contribution < -0.4 is 21.2 Å². The second kappa shape index (κ2) is 7.38. The molecule has 0 saturated heterocycles. The molecule has 2 aromatic rings. The molecule has 1 aromatic carbocycles. The monoisotopic (exact) mass is 319 g/mol. The number of methoxy groups -OCH3 is 1. The number of hydrogen-bond donors (Lipinski definition) is 3. The van der Waals surface area contributed by atoms with Gasteiger partial charge >= 0.3 is 0 Å². The van der Waals surface area contributed by atoms with E-state index in [0.29, 0.717) is 34.1 Å². The minimum atomic E-state index is -0.0620. The predicted octanol–water partition coefficient (Wildman–Crippen LogP) is 2.48. The zero-order chi connectivity index (χ0) is 16.1. The number of fused-ring (bicyclic) bond motifs is 1. The highest BCUT2D eigenvalue weighted by atomic mass is 32.2. The van der Waals surface area contributed by atoms with Crippen molar-refractivity contribution in [3.8, 4) is 5.75 Å². The summed E-state index contributed by atoms with van der Waals surface area (Å²) in [4.78, 5) is 15.3. The summed E-state index contributed by atoms with van der Waals surface area (Å²) in [6, 6.07) is 7.26. The minimum absolute atomic E-state index is 0.0620. The Hall–Kier alpha value is -1.92. The zero-order valence-electron chi connectivity index (χ0n) is 13.0. The van der Waals surface area contributed by atoms with Gasteiger partial charge in [0, 0.05) is 29.4 Å². The van der Waals surface area contributed by atoms with Crippen LogP contribution in [0, 0.1) is 0 Å². The first kappa shape index (κ1) is 16.5. The Kier molecular flexibility index (Phi) is 5.51. The lowest BCUT2D eigenvalue weighted by Gasteiger charge is -2.08. The molecule has 4 N–H and O–H groups in total. The van der Waals surface area contributed by atoms with Crippen molar-refractivity contribution in [3.05, 3.63) is 45.6 Å². The van der Waals surface area contributed by atoms with Gasteiger partial charge in [-0.25, -0.2) is 0 Å². The fraction of sp³-hybridized carbons (Fsp3) is 0.312. The first-order valence-corrected chi connectivity index (χ1v) is 8.08. The molecule has 0 aliphatic heterocycles. The van der Waals surface area contributed by atoms with Crippen LogP contribution in [-0.2, 0) is 0 Å². The third-order valence-corrected chi connectivity index (χ3v) is 3.89. The molecular formula is C16H21N3O2S. The number of benzene rings is 1. The molecule has 1 heterocycles. The van der Waals surface area contributed by atoms with E-state index in [1.54, 1.807) is 37.1 Å². The van der Waals surface area contributed by atoms with E-state index in [1.807, 2.05) is 5.41 Å². The maximum atomic E-state index is 12.2. The quantitative estimate of drug-likeness (QED) is 0.563. The molecule has 0 spiro atoms. The third kappa shape index (κ3) is 4.05. The van der Waals surface area contributed by atoms with Crippen LogP contribution in [0.1, 0.15) is 19.5 Å². The van der Waals surface area contributed by atoms with Crippen LogP contribution in [0.4, 0.5) is 0 Å². The van der Waals surface area contributed by atoms with E-state index in [0.717, 1.165) is 5.88 Å². The van der Waals surface area contributed by atoms with Crippen molar-refractivity contribution >= 4 is 28.4 Å². The topological polar surface area (TPSA) is 80.1 Å².